The van der Waals surface area contributed by atoms with Crippen molar-refractivity contribution in [2.45, 2.75) is 44.8 Å². The van der Waals surface area contributed by atoms with Gasteiger partial charge in [-0.05, 0) is 49.1 Å². The van der Waals surface area contributed by atoms with Gasteiger partial charge in [-0.15, -0.1) is 0 Å². The number of benzene rings is 1. The molecule has 2 aliphatic heterocycles. The molecule has 1 fully saturated rings. The fourth-order valence-corrected chi connectivity index (χ4v) is 3.36. The fraction of sp³-hybridized carbons (Fsp3) is 0.409. The Hall–Kier alpha value is -2.08. The minimum absolute atomic E-state index is 0.199. The second-order valence-electron chi connectivity index (χ2n) is 7.33. The van der Waals surface area contributed by atoms with E-state index in [0.29, 0.717) is 31.8 Å². The first kappa shape index (κ1) is 21.2. The lowest BCUT2D eigenvalue weighted by molar-refractivity contribution is -0.135. The van der Waals surface area contributed by atoms with E-state index in [0.717, 1.165) is 23.1 Å². The molecule has 2 heterocycles. The monoisotopic (exact) mass is 373 g/mol. The van der Waals surface area contributed by atoms with E-state index in [-0.39, 0.29) is 17.5 Å². The number of allylic oxidation sites excluding steroid dienone is 1. The number of hydroxylamine groups is 2. The lowest BCUT2D eigenvalue weighted by Gasteiger charge is -2.33. The number of hydrogen-bond acceptors (Lipinski definition) is 4. The Bertz CT molecular complexity index is 722. The van der Waals surface area contributed by atoms with E-state index < -0.39 is 0 Å². The summed E-state index contributed by atoms with van der Waals surface area (Å²) in [6.45, 7) is 12.6. The summed E-state index contributed by atoms with van der Waals surface area (Å²) in [5, 5.41) is 11.3. The van der Waals surface area contributed by atoms with Gasteiger partial charge in [-0.25, -0.2) is 4.39 Å². The molecule has 1 aromatic rings. The maximum atomic E-state index is 12.9. The Morgan fingerprint density at radius 3 is 2.37 bits per heavy atom. The summed E-state index contributed by atoms with van der Waals surface area (Å²) in [4.78, 5) is 10.8. The van der Waals surface area contributed by atoms with Crippen molar-refractivity contribution < 1.29 is 19.1 Å². The molecule has 5 heteroatoms. The van der Waals surface area contributed by atoms with E-state index >= 15 is 0 Å². The third-order valence-corrected chi connectivity index (χ3v) is 4.72. The van der Waals surface area contributed by atoms with Crippen LogP contribution in [-0.2, 0) is 9.53 Å². The largest absolute Gasteiger partial charge is 0.375 e. The smallest absolute Gasteiger partial charge is 0.138 e. The third-order valence-electron chi connectivity index (χ3n) is 4.72. The molecule has 1 N–H and O–H groups in total. The van der Waals surface area contributed by atoms with Crippen LogP contribution in [0.2, 0.25) is 0 Å². The molecule has 1 atom stereocenters. The van der Waals surface area contributed by atoms with Gasteiger partial charge in [0.25, 0.3) is 0 Å². The van der Waals surface area contributed by atoms with Crippen molar-refractivity contribution in [1.29, 1.82) is 0 Å². The highest BCUT2D eigenvalue weighted by molar-refractivity contribution is 5.80. The molecule has 1 aromatic carbocycles. The number of hydrogen-bond donors (Lipinski definition) is 1. The van der Waals surface area contributed by atoms with Gasteiger partial charge < -0.3 is 9.94 Å². The summed E-state index contributed by atoms with van der Waals surface area (Å²) in [5.41, 5.74) is 2.64. The van der Waals surface area contributed by atoms with Gasteiger partial charge in [0, 0.05) is 19.4 Å². The topological polar surface area (TPSA) is 49.8 Å². The molecular formula is C22H28FNO3. The molecule has 0 aromatic heterocycles. The van der Waals surface area contributed by atoms with Crippen LogP contribution in [0.25, 0.3) is 0 Å². The van der Waals surface area contributed by atoms with Crippen molar-refractivity contribution in [3.8, 4) is 0 Å². The summed E-state index contributed by atoms with van der Waals surface area (Å²) in [6.07, 6.45) is 5.43. The Balaban J connectivity index is 0.000000244. The molecule has 0 radical (unpaired) electrons. The average Bonchev–Trinajstić information content (AvgIpc) is 2.61. The lowest BCUT2D eigenvalue weighted by atomic mass is 9.89. The zero-order valence-corrected chi connectivity index (χ0v) is 16.1. The second-order valence-corrected chi connectivity index (χ2v) is 7.33. The van der Waals surface area contributed by atoms with Crippen LogP contribution < -0.4 is 0 Å². The van der Waals surface area contributed by atoms with Crippen molar-refractivity contribution in [1.82, 2.24) is 5.06 Å². The number of ether oxygens (including phenoxy) is 1. The number of ketones is 1. The molecule has 2 aliphatic rings. The van der Waals surface area contributed by atoms with Gasteiger partial charge in [0.05, 0.1) is 18.2 Å². The zero-order chi connectivity index (χ0) is 20.0. The zero-order valence-electron chi connectivity index (χ0n) is 16.1. The molecule has 0 unspecified atom stereocenters. The number of rotatable bonds is 3. The maximum Gasteiger partial charge on any atom is 0.138 e. The minimum atomic E-state index is -0.301. The van der Waals surface area contributed by atoms with E-state index in [1.807, 2.05) is 13.8 Å². The van der Waals surface area contributed by atoms with Crippen molar-refractivity contribution in [3.63, 3.8) is 0 Å². The molecule has 0 aliphatic carbocycles. The molecule has 0 spiro atoms. The van der Waals surface area contributed by atoms with Gasteiger partial charge in [-0.2, -0.15) is 5.06 Å². The van der Waals surface area contributed by atoms with Crippen molar-refractivity contribution in [2.24, 2.45) is 0 Å². The van der Waals surface area contributed by atoms with Gasteiger partial charge >= 0.3 is 0 Å². The maximum absolute atomic E-state index is 12.9. The van der Waals surface area contributed by atoms with Gasteiger partial charge in [0.1, 0.15) is 11.6 Å². The van der Waals surface area contributed by atoms with E-state index in [1.54, 1.807) is 24.3 Å². The third kappa shape index (κ3) is 5.70. The molecule has 27 heavy (non-hydrogen) atoms. The van der Waals surface area contributed by atoms with Crippen LogP contribution in [0, 0.1) is 5.82 Å². The number of carbonyl (C=O) groups excluding carboxylic acids is 1. The Morgan fingerprint density at radius 1 is 1.22 bits per heavy atom. The summed E-state index contributed by atoms with van der Waals surface area (Å²) in [6, 6.07) is 5.85. The second kappa shape index (κ2) is 9.22. The number of Topliss-reactive ketones (excluding diaryl/α,β-unsaturated/α-hetero) is 1. The van der Waals surface area contributed by atoms with Crippen LogP contribution in [0.1, 0.15) is 44.7 Å². The highest BCUT2D eigenvalue weighted by Crippen LogP contribution is 2.35. The van der Waals surface area contributed by atoms with Crippen LogP contribution in [0.15, 0.2) is 60.7 Å². The Labute approximate surface area is 160 Å². The number of nitrogens with zero attached hydrogens (tertiary/aromatic N) is 1. The summed E-state index contributed by atoms with van der Waals surface area (Å²) >= 11 is 0. The molecule has 0 saturated carbocycles. The van der Waals surface area contributed by atoms with Gasteiger partial charge in [0.15, 0.2) is 0 Å². The molecule has 0 amide bonds. The van der Waals surface area contributed by atoms with Crippen LogP contribution in [-0.4, -0.2) is 34.8 Å². The standard InChI is InChI=1S/C15H16FNO.C7H12O2/c1-3-11-9-10-17(18)15(14(11)4-2)12-5-7-13(16)8-6-12;1-7(2)5-6(8)3-4-9-7/h3-8,15,18H,1-2,9-10H2;3-5H2,1-2H3/t15-;/m0./s1. The first-order valence-corrected chi connectivity index (χ1v) is 9.12. The SMILES string of the molecule is C=CC1=C(C=C)[C@H](c2ccc(F)cc2)N(O)CC1.CC1(C)CC(=O)CCO1. The summed E-state index contributed by atoms with van der Waals surface area (Å²) in [5.74, 6) is 0.0402. The van der Waals surface area contributed by atoms with Crippen LogP contribution in [0.5, 0.6) is 0 Å². The molecule has 4 nitrogen and oxygen atoms in total. The molecule has 1 saturated heterocycles. The highest BCUT2D eigenvalue weighted by Gasteiger charge is 2.28. The number of carbonyl (C=O) groups is 1. The van der Waals surface area contributed by atoms with Crippen LogP contribution in [0.3, 0.4) is 0 Å². The molecule has 146 valence electrons. The normalized spacial score (nSPS) is 22.7. The minimum Gasteiger partial charge on any atom is -0.375 e. The van der Waals surface area contributed by atoms with Crippen molar-refractivity contribution >= 4 is 5.78 Å². The summed E-state index contributed by atoms with van der Waals surface area (Å²) in [7, 11) is 0. The Kier molecular flexibility index (Phi) is 7.25. The van der Waals surface area contributed by atoms with Gasteiger partial charge in [-0.1, -0.05) is 37.4 Å². The van der Waals surface area contributed by atoms with Gasteiger partial charge in [0.2, 0.25) is 0 Å². The predicted octanol–water partition coefficient (Wildman–Crippen LogP) is 4.77. The highest BCUT2D eigenvalue weighted by atomic mass is 19.1. The first-order chi connectivity index (χ1) is 12.8. The van der Waals surface area contributed by atoms with E-state index in [2.05, 4.69) is 13.2 Å². The summed E-state index contributed by atoms with van der Waals surface area (Å²) < 4.78 is 18.3. The lowest BCUT2D eigenvalue weighted by Crippen LogP contribution is -2.33. The fourth-order valence-electron chi connectivity index (χ4n) is 3.36. The predicted molar refractivity (Wildman–Crippen MR) is 104 cm³/mol. The van der Waals surface area contributed by atoms with Crippen molar-refractivity contribution in [3.05, 3.63) is 72.1 Å². The molecule has 0 bridgehead atoms. The van der Waals surface area contributed by atoms with Crippen LogP contribution in [0.4, 0.5) is 4.39 Å². The van der Waals surface area contributed by atoms with E-state index in [4.69, 9.17) is 4.74 Å². The number of halogens is 1. The van der Waals surface area contributed by atoms with Crippen molar-refractivity contribution in [2.75, 3.05) is 13.2 Å². The first-order valence-electron chi connectivity index (χ1n) is 9.12. The van der Waals surface area contributed by atoms with Gasteiger partial charge in [-0.3, -0.25) is 4.79 Å². The Morgan fingerprint density at radius 2 is 1.89 bits per heavy atom. The van der Waals surface area contributed by atoms with E-state index in [9.17, 15) is 14.4 Å². The molecule has 3 rings (SSSR count). The quantitative estimate of drug-likeness (QED) is 0.829. The van der Waals surface area contributed by atoms with Crippen LogP contribution >= 0.6 is 0 Å². The molecular weight excluding hydrogens is 345 g/mol. The average molecular weight is 373 g/mol. The van der Waals surface area contributed by atoms with E-state index in [1.165, 1.54) is 17.2 Å².